The Morgan fingerprint density at radius 3 is 1.48 bits per heavy atom. The lowest BCUT2D eigenvalue weighted by atomic mass is 9.98. The molecule has 0 unspecified atom stereocenters. The Hall–Kier alpha value is -2.41. The van der Waals surface area contributed by atoms with Gasteiger partial charge in [0, 0.05) is 13.2 Å². The normalized spacial score (nSPS) is 16.3. The van der Waals surface area contributed by atoms with E-state index in [2.05, 4.69) is 79.7 Å². The van der Waals surface area contributed by atoms with Gasteiger partial charge in [0.2, 0.25) is 0 Å². The van der Waals surface area contributed by atoms with Crippen molar-refractivity contribution in [1.82, 2.24) is 0 Å². The molecule has 2 nitrogen and oxygen atoms in total. The minimum Gasteiger partial charge on any atom is -0.873 e. The predicted octanol–water partition coefficient (Wildman–Crippen LogP) is 4.00. The second-order valence-electron chi connectivity index (χ2n) is 7.51. The van der Waals surface area contributed by atoms with Gasteiger partial charge in [-0.05, 0) is 62.1 Å². The molecular formula is C26H27O2P. The van der Waals surface area contributed by atoms with Crippen LogP contribution >= 0.6 is 7.26 Å². The molecule has 0 bridgehead atoms. The molecule has 29 heavy (non-hydrogen) atoms. The summed E-state index contributed by atoms with van der Waals surface area (Å²) in [5.41, 5.74) is 0. The van der Waals surface area contributed by atoms with Crippen molar-refractivity contribution in [3.8, 4) is 0 Å². The molecule has 148 valence electrons. The molecule has 3 aromatic carbocycles. The van der Waals surface area contributed by atoms with Crippen LogP contribution in [0, 0.1) is 5.92 Å². The van der Waals surface area contributed by atoms with Crippen LogP contribution in [0.25, 0.3) is 0 Å². The Morgan fingerprint density at radius 2 is 1.10 bits per heavy atom. The van der Waals surface area contributed by atoms with E-state index < -0.39 is 7.26 Å². The molecule has 0 aromatic heterocycles. The van der Waals surface area contributed by atoms with Gasteiger partial charge in [-0.3, -0.25) is 0 Å². The smallest absolute Gasteiger partial charge is 0.138 e. The zero-order valence-electron chi connectivity index (χ0n) is 16.8. The van der Waals surface area contributed by atoms with Crippen LogP contribution in [0.4, 0.5) is 0 Å². The van der Waals surface area contributed by atoms with Gasteiger partial charge in [0.25, 0.3) is 0 Å². The largest absolute Gasteiger partial charge is 0.873 e. The van der Waals surface area contributed by atoms with Gasteiger partial charge in [0.1, 0.15) is 23.2 Å². The molecule has 0 N–H and O–H groups in total. The van der Waals surface area contributed by atoms with Crippen molar-refractivity contribution in [3.63, 3.8) is 0 Å². The molecule has 0 radical (unpaired) electrons. The van der Waals surface area contributed by atoms with Crippen LogP contribution < -0.4 is 21.0 Å². The molecule has 0 aliphatic carbocycles. The minimum atomic E-state index is -2.24. The van der Waals surface area contributed by atoms with Gasteiger partial charge in [-0.15, -0.1) is 0 Å². The fraction of sp³-hybridized carbons (Fsp3) is 0.231. The third-order valence-electron chi connectivity index (χ3n) is 5.88. The van der Waals surface area contributed by atoms with Gasteiger partial charge < -0.3 is 9.84 Å². The maximum Gasteiger partial charge on any atom is 0.138 e. The Kier molecular flexibility index (Phi) is 6.13. The summed E-state index contributed by atoms with van der Waals surface area (Å²) in [6, 6.07) is 31.8. The molecule has 0 atom stereocenters. The molecule has 1 fully saturated rings. The van der Waals surface area contributed by atoms with Crippen LogP contribution in [0.2, 0.25) is 0 Å². The molecule has 3 aromatic rings. The molecule has 1 aliphatic heterocycles. The van der Waals surface area contributed by atoms with Gasteiger partial charge in [-0.1, -0.05) is 60.4 Å². The summed E-state index contributed by atoms with van der Waals surface area (Å²) >= 11 is 0. The Bertz CT molecular complexity index is 849. The lowest BCUT2D eigenvalue weighted by Gasteiger charge is -2.35. The summed E-state index contributed by atoms with van der Waals surface area (Å²) in [6.07, 6.45) is 1.63. The first-order valence-electron chi connectivity index (χ1n) is 10.3. The van der Waals surface area contributed by atoms with Crippen molar-refractivity contribution in [2.24, 2.45) is 5.92 Å². The van der Waals surface area contributed by atoms with Crippen molar-refractivity contribution < 1.29 is 9.84 Å². The lowest BCUT2D eigenvalue weighted by molar-refractivity contribution is -0.318. The van der Waals surface area contributed by atoms with E-state index in [0.29, 0.717) is 19.0 Å². The number of benzene rings is 3. The lowest BCUT2D eigenvalue weighted by Crippen LogP contribution is -2.35. The van der Waals surface area contributed by atoms with E-state index in [-0.39, 0.29) is 5.92 Å². The number of hydrogen-bond donors (Lipinski definition) is 0. The first-order chi connectivity index (χ1) is 14.2. The zero-order chi connectivity index (χ0) is 20.1. The summed E-state index contributed by atoms with van der Waals surface area (Å²) in [4.78, 5) is 0. The highest BCUT2D eigenvalue weighted by Crippen LogP contribution is 2.63. The van der Waals surface area contributed by atoms with E-state index in [4.69, 9.17) is 4.74 Å². The highest BCUT2D eigenvalue weighted by Gasteiger charge is 2.48. The van der Waals surface area contributed by atoms with Gasteiger partial charge in [-0.25, -0.2) is 0 Å². The molecule has 0 spiro atoms. The third kappa shape index (κ3) is 3.75. The predicted molar refractivity (Wildman–Crippen MR) is 121 cm³/mol. The van der Waals surface area contributed by atoms with E-state index in [1.165, 1.54) is 15.9 Å². The van der Waals surface area contributed by atoms with Crippen molar-refractivity contribution in [2.45, 2.75) is 19.8 Å². The Labute approximate surface area is 174 Å². The first-order valence-corrected chi connectivity index (χ1v) is 12.1. The highest BCUT2D eigenvalue weighted by atomic mass is 31.2. The van der Waals surface area contributed by atoms with Crippen LogP contribution in [-0.4, -0.2) is 13.2 Å². The monoisotopic (exact) mass is 402 g/mol. The summed E-state index contributed by atoms with van der Waals surface area (Å²) in [5.74, 6) is 0.359. The Morgan fingerprint density at radius 1 is 0.724 bits per heavy atom. The second-order valence-corrected chi connectivity index (χ2v) is 11.1. The van der Waals surface area contributed by atoms with E-state index in [1.807, 2.05) is 18.2 Å². The van der Waals surface area contributed by atoms with Crippen LogP contribution in [0.1, 0.15) is 19.8 Å². The summed E-state index contributed by atoms with van der Waals surface area (Å²) < 4.78 is 5.52. The number of ether oxygens (including phenoxy) is 1. The van der Waals surface area contributed by atoms with E-state index in [9.17, 15) is 5.11 Å². The van der Waals surface area contributed by atoms with Crippen LogP contribution in [0.5, 0.6) is 0 Å². The molecule has 1 aliphatic rings. The quantitative estimate of drug-likeness (QED) is 0.477. The maximum atomic E-state index is 13.8. The Balaban J connectivity index is 2.03. The molecule has 0 saturated carbocycles. The van der Waals surface area contributed by atoms with Crippen molar-refractivity contribution >= 4 is 23.2 Å². The van der Waals surface area contributed by atoms with E-state index in [1.54, 1.807) is 0 Å². The summed E-state index contributed by atoms with van der Waals surface area (Å²) in [6.45, 7) is 3.44. The average Bonchev–Trinajstić information content (AvgIpc) is 2.82. The molecule has 0 amide bonds. The molecule has 4 rings (SSSR count). The third-order valence-corrected chi connectivity index (χ3v) is 10.3. The van der Waals surface area contributed by atoms with Crippen LogP contribution in [-0.2, 0) is 4.74 Å². The fourth-order valence-corrected chi connectivity index (χ4v) is 8.83. The fourth-order valence-electron chi connectivity index (χ4n) is 4.40. The number of rotatable bonds is 5. The topological polar surface area (TPSA) is 32.3 Å². The minimum absolute atomic E-state index is 0.0549. The van der Waals surface area contributed by atoms with Crippen molar-refractivity contribution in [2.75, 3.05) is 13.2 Å². The second kappa shape index (κ2) is 8.95. The standard InChI is InChI=1S/C26H27O2P/c1-21(26(27)22-17-19-28-20-18-22)29(23-11-5-2-6-12-23,24-13-7-3-8-14-24)25-15-9-4-10-16-25/h2-16,22H,17-20H2,1H3/b26-21-. The van der Waals surface area contributed by atoms with Crippen LogP contribution in [0.15, 0.2) is 102 Å². The van der Waals surface area contributed by atoms with E-state index >= 15 is 0 Å². The summed E-state index contributed by atoms with van der Waals surface area (Å²) in [5, 5.41) is 18.5. The SMILES string of the molecule is C/C(=C(/[O-])C1CCOCC1)[P+](c1ccccc1)(c1ccccc1)c1ccccc1. The van der Waals surface area contributed by atoms with Gasteiger partial charge in [0.15, 0.2) is 0 Å². The highest BCUT2D eigenvalue weighted by molar-refractivity contribution is 7.99. The van der Waals surface area contributed by atoms with Crippen molar-refractivity contribution in [3.05, 3.63) is 102 Å². The summed E-state index contributed by atoms with van der Waals surface area (Å²) in [7, 11) is -2.24. The molecule has 1 saturated heterocycles. The van der Waals surface area contributed by atoms with Crippen molar-refractivity contribution in [1.29, 1.82) is 0 Å². The average molecular weight is 402 g/mol. The van der Waals surface area contributed by atoms with Gasteiger partial charge in [0.05, 0.1) is 5.31 Å². The maximum absolute atomic E-state index is 13.8. The first kappa shape index (κ1) is 19.9. The van der Waals surface area contributed by atoms with E-state index in [0.717, 1.165) is 18.2 Å². The van der Waals surface area contributed by atoms with Crippen LogP contribution in [0.3, 0.4) is 0 Å². The van der Waals surface area contributed by atoms with Gasteiger partial charge in [-0.2, -0.15) is 0 Å². The zero-order valence-corrected chi connectivity index (χ0v) is 17.7. The molecular weight excluding hydrogens is 375 g/mol. The number of hydrogen-bond acceptors (Lipinski definition) is 2. The van der Waals surface area contributed by atoms with Gasteiger partial charge >= 0.3 is 0 Å². The number of allylic oxidation sites excluding steroid dienone is 2. The molecule has 3 heteroatoms. The molecule has 1 heterocycles.